The molecule has 1 saturated heterocycles. The number of halogens is 1. The number of carbonyl (C=O) groups excluding carboxylic acids is 2. The molecule has 0 unspecified atom stereocenters. The fraction of sp³-hybridized carbons (Fsp3) is 0.333. The number of nitrogens with zero attached hydrogens (tertiary/aromatic N) is 3. The molecule has 1 fully saturated rings. The van der Waals surface area contributed by atoms with Crippen molar-refractivity contribution in [2.75, 3.05) is 45.1 Å². The smallest absolute Gasteiger partial charge is 0.272 e. The van der Waals surface area contributed by atoms with Crippen molar-refractivity contribution in [3.05, 3.63) is 64.2 Å². The number of amides is 2. The molecule has 3 aromatic rings. The summed E-state index contributed by atoms with van der Waals surface area (Å²) in [5, 5.41) is 13.7. The molecule has 2 aromatic carbocycles. The van der Waals surface area contributed by atoms with E-state index in [2.05, 4.69) is 20.8 Å². The zero-order chi connectivity index (χ0) is 24.1. The third-order valence-electron chi connectivity index (χ3n) is 5.89. The molecule has 4 rings (SSSR count). The number of nitrogens with one attached hydrogen (secondary N) is 3. The Morgan fingerprint density at radius 1 is 1.06 bits per heavy atom. The summed E-state index contributed by atoms with van der Waals surface area (Å²) < 4.78 is 14.6. The van der Waals surface area contributed by atoms with Gasteiger partial charge in [-0.2, -0.15) is 5.10 Å². The van der Waals surface area contributed by atoms with E-state index in [-0.39, 0.29) is 17.0 Å². The SMILES string of the molecule is CNCCCC(=O)N1CCN(C(=O)c2cc(Nc3n[nH]c(=O)c4ccccc34)ccc2F)CC1. The largest absolute Gasteiger partial charge is 0.339 e. The number of hydrogen-bond acceptors (Lipinski definition) is 6. The highest BCUT2D eigenvalue weighted by molar-refractivity contribution is 5.97. The molecule has 2 heterocycles. The lowest BCUT2D eigenvalue weighted by atomic mass is 10.1. The lowest BCUT2D eigenvalue weighted by Gasteiger charge is -2.35. The van der Waals surface area contributed by atoms with Gasteiger partial charge in [0.05, 0.1) is 10.9 Å². The van der Waals surface area contributed by atoms with Crippen molar-refractivity contribution in [3.8, 4) is 0 Å². The second-order valence-electron chi connectivity index (χ2n) is 8.15. The summed E-state index contributed by atoms with van der Waals surface area (Å²) in [5.74, 6) is -0.589. The van der Waals surface area contributed by atoms with E-state index in [1.165, 1.54) is 18.2 Å². The maximum Gasteiger partial charge on any atom is 0.272 e. The summed E-state index contributed by atoms with van der Waals surface area (Å²) in [6, 6.07) is 11.2. The van der Waals surface area contributed by atoms with Gasteiger partial charge >= 0.3 is 0 Å². The van der Waals surface area contributed by atoms with E-state index in [0.717, 1.165) is 13.0 Å². The lowest BCUT2D eigenvalue weighted by molar-refractivity contribution is -0.132. The second-order valence-corrected chi connectivity index (χ2v) is 8.15. The van der Waals surface area contributed by atoms with Gasteiger partial charge in [0.15, 0.2) is 5.82 Å². The first kappa shape index (κ1) is 23.4. The molecule has 34 heavy (non-hydrogen) atoms. The molecule has 2 amide bonds. The van der Waals surface area contributed by atoms with Gasteiger partial charge < -0.3 is 20.4 Å². The molecule has 1 aliphatic rings. The van der Waals surface area contributed by atoms with Crippen LogP contribution in [0.4, 0.5) is 15.9 Å². The van der Waals surface area contributed by atoms with Gasteiger partial charge in [0, 0.05) is 43.7 Å². The average Bonchev–Trinajstić information content (AvgIpc) is 2.87. The third kappa shape index (κ3) is 5.07. The number of piperazine rings is 1. The topological polar surface area (TPSA) is 110 Å². The quantitative estimate of drug-likeness (QED) is 0.460. The zero-order valence-electron chi connectivity index (χ0n) is 18.9. The van der Waals surface area contributed by atoms with E-state index in [1.807, 2.05) is 7.05 Å². The average molecular weight is 467 g/mol. The van der Waals surface area contributed by atoms with Crippen LogP contribution in [0.5, 0.6) is 0 Å². The van der Waals surface area contributed by atoms with Crippen molar-refractivity contribution in [3.63, 3.8) is 0 Å². The van der Waals surface area contributed by atoms with Crippen molar-refractivity contribution >= 4 is 34.1 Å². The molecule has 0 saturated carbocycles. The monoisotopic (exact) mass is 466 g/mol. The Morgan fingerprint density at radius 2 is 1.76 bits per heavy atom. The van der Waals surface area contributed by atoms with Crippen LogP contribution < -0.4 is 16.2 Å². The molecule has 0 radical (unpaired) electrons. The van der Waals surface area contributed by atoms with Crippen LogP contribution in [0.15, 0.2) is 47.3 Å². The summed E-state index contributed by atoms with van der Waals surface area (Å²) in [7, 11) is 1.85. The lowest BCUT2D eigenvalue weighted by Crippen LogP contribution is -2.50. The summed E-state index contributed by atoms with van der Waals surface area (Å²) in [5.41, 5.74) is 0.0936. The third-order valence-corrected chi connectivity index (χ3v) is 5.89. The van der Waals surface area contributed by atoms with Gasteiger partial charge in [-0.1, -0.05) is 18.2 Å². The molecule has 0 atom stereocenters. The van der Waals surface area contributed by atoms with Gasteiger partial charge in [0.1, 0.15) is 5.82 Å². The van der Waals surface area contributed by atoms with Gasteiger partial charge in [-0.25, -0.2) is 9.49 Å². The van der Waals surface area contributed by atoms with E-state index >= 15 is 0 Å². The van der Waals surface area contributed by atoms with E-state index in [1.54, 1.807) is 34.1 Å². The highest BCUT2D eigenvalue weighted by atomic mass is 19.1. The minimum atomic E-state index is -0.625. The van der Waals surface area contributed by atoms with Crippen LogP contribution >= 0.6 is 0 Å². The Kier molecular flexibility index (Phi) is 7.17. The molecule has 0 aliphatic carbocycles. The minimum Gasteiger partial charge on any atom is -0.339 e. The summed E-state index contributed by atoms with van der Waals surface area (Å²) >= 11 is 0. The predicted molar refractivity (Wildman–Crippen MR) is 128 cm³/mol. The van der Waals surface area contributed by atoms with Crippen molar-refractivity contribution in [2.24, 2.45) is 0 Å². The Morgan fingerprint density at radius 3 is 2.50 bits per heavy atom. The minimum absolute atomic E-state index is 0.0625. The van der Waals surface area contributed by atoms with E-state index < -0.39 is 11.7 Å². The number of fused-ring (bicyclic) bond motifs is 1. The molecule has 10 heteroatoms. The standard InChI is InChI=1S/C24H27FN6O3/c1-26-10-4-7-21(32)30-11-13-31(14-12-30)24(34)19-15-16(8-9-20(19)25)27-22-17-5-2-3-6-18(17)23(33)29-28-22/h2-3,5-6,8-9,15,26H,4,7,10-14H2,1H3,(H,27,28)(H,29,33). The highest BCUT2D eigenvalue weighted by Crippen LogP contribution is 2.24. The van der Waals surface area contributed by atoms with E-state index in [0.29, 0.717) is 54.9 Å². The van der Waals surface area contributed by atoms with Gasteiger partial charge in [-0.15, -0.1) is 0 Å². The first-order chi connectivity index (χ1) is 16.5. The summed E-state index contributed by atoms with van der Waals surface area (Å²) in [4.78, 5) is 40.7. The Labute approximate surface area is 195 Å². The molecule has 1 aliphatic heterocycles. The number of H-pyrrole nitrogens is 1. The highest BCUT2D eigenvalue weighted by Gasteiger charge is 2.26. The first-order valence-corrected chi connectivity index (χ1v) is 11.2. The van der Waals surface area contributed by atoms with Crippen molar-refractivity contribution in [1.82, 2.24) is 25.3 Å². The Hall–Kier alpha value is -3.79. The second kappa shape index (κ2) is 10.4. The molecule has 178 valence electrons. The van der Waals surface area contributed by atoms with Gasteiger partial charge in [-0.3, -0.25) is 14.4 Å². The number of carbonyl (C=O) groups is 2. The van der Waals surface area contributed by atoms with Crippen LogP contribution in [0.1, 0.15) is 23.2 Å². The van der Waals surface area contributed by atoms with Crippen molar-refractivity contribution < 1.29 is 14.0 Å². The molecule has 0 spiro atoms. The Bertz CT molecular complexity index is 1250. The van der Waals surface area contributed by atoms with Crippen molar-refractivity contribution in [1.29, 1.82) is 0 Å². The van der Waals surface area contributed by atoms with Gasteiger partial charge in [0.2, 0.25) is 5.91 Å². The van der Waals surface area contributed by atoms with Gasteiger partial charge in [0.25, 0.3) is 11.5 Å². The van der Waals surface area contributed by atoms with Crippen LogP contribution in [0, 0.1) is 5.82 Å². The van der Waals surface area contributed by atoms with Crippen LogP contribution in [0.2, 0.25) is 0 Å². The molecule has 9 nitrogen and oxygen atoms in total. The summed E-state index contributed by atoms with van der Waals surface area (Å²) in [6.45, 7) is 2.33. The maximum absolute atomic E-state index is 14.6. The number of anilines is 2. The van der Waals surface area contributed by atoms with Crippen molar-refractivity contribution in [2.45, 2.75) is 12.8 Å². The first-order valence-electron chi connectivity index (χ1n) is 11.2. The fourth-order valence-electron chi connectivity index (χ4n) is 4.02. The van der Waals surface area contributed by atoms with Crippen LogP contribution in [0.25, 0.3) is 10.8 Å². The molecule has 0 bridgehead atoms. The molecular formula is C24H27FN6O3. The van der Waals surface area contributed by atoms with Gasteiger partial charge in [-0.05, 0) is 44.3 Å². The number of aromatic nitrogens is 2. The van der Waals surface area contributed by atoms with Crippen LogP contribution in [-0.4, -0.2) is 71.6 Å². The Balaban J connectivity index is 1.46. The van der Waals surface area contributed by atoms with E-state index in [9.17, 15) is 18.8 Å². The predicted octanol–water partition coefficient (Wildman–Crippen LogP) is 2.09. The number of rotatable bonds is 7. The van der Waals surface area contributed by atoms with Crippen LogP contribution in [0.3, 0.4) is 0 Å². The zero-order valence-corrected chi connectivity index (χ0v) is 18.9. The van der Waals surface area contributed by atoms with E-state index in [4.69, 9.17) is 0 Å². The molecule has 3 N–H and O–H groups in total. The normalized spacial score (nSPS) is 13.8. The number of aromatic amines is 1. The van der Waals surface area contributed by atoms with Crippen LogP contribution in [-0.2, 0) is 4.79 Å². The number of benzene rings is 2. The number of hydrogen-bond donors (Lipinski definition) is 3. The molecular weight excluding hydrogens is 439 g/mol. The maximum atomic E-state index is 14.6. The fourth-order valence-corrected chi connectivity index (χ4v) is 4.02. The molecule has 1 aromatic heterocycles. The summed E-state index contributed by atoms with van der Waals surface area (Å²) in [6.07, 6.45) is 1.23.